The zero-order chi connectivity index (χ0) is 13.1. The summed E-state index contributed by atoms with van der Waals surface area (Å²) in [6, 6.07) is 8.24. The zero-order valence-electron chi connectivity index (χ0n) is 11.8. The monoisotopic (exact) mass is 247 g/mol. The first-order valence-electron chi connectivity index (χ1n) is 7.11. The van der Waals surface area contributed by atoms with Gasteiger partial charge in [-0.25, -0.2) is 0 Å². The fourth-order valence-corrected chi connectivity index (χ4v) is 2.94. The number of hydrogen-bond acceptors (Lipinski definition) is 2. The minimum Gasteiger partial charge on any atom is -0.389 e. The molecule has 2 nitrogen and oxygen atoms in total. The Hall–Kier alpha value is -1.02. The van der Waals surface area contributed by atoms with Gasteiger partial charge in [0.25, 0.3) is 0 Å². The molecular weight excluding hydrogens is 222 g/mol. The minimum atomic E-state index is -0.385. The van der Waals surface area contributed by atoms with Gasteiger partial charge in [0, 0.05) is 24.3 Å². The van der Waals surface area contributed by atoms with Gasteiger partial charge in [-0.2, -0.15) is 0 Å². The molecule has 0 bridgehead atoms. The molecule has 0 spiro atoms. The van der Waals surface area contributed by atoms with Crippen LogP contribution in [0.3, 0.4) is 0 Å². The van der Waals surface area contributed by atoms with Crippen LogP contribution in [0.1, 0.15) is 45.3 Å². The number of aliphatic hydroxyl groups is 1. The van der Waals surface area contributed by atoms with Gasteiger partial charge in [0.1, 0.15) is 0 Å². The quantitative estimate of drug-likeness (QED) is 0.882. The largest absolute Gasteiger partial charge is 0.389 e. The Kier molecular flexibility index (Phi) is 4.28. The second kappa shape index (κ2) is 5.75. The van der Waals surface area contributed by atoms with E-state index in [0.717, 1.165) is 30.5 Å². The summed E-state index contributed by atoms with van der Waals surface area (Å²) in [7, 11) is 0. The lowest BCUT2D eigenvalue weighted by atomic mass is 9.86. The van der Waals surface area contributed by atoms with E-state index in [2.05, 4.69) is 30.9 Å². The number of benzene rings is 1. The normalized spacial score (nSPS) is 19.3. The predicted octanol–water partition coefficient (Wildman–Crippen LogP) is 3.61. The molecule has 0 amide bonds. The number of anilines is 1. The lowest BCUT2D eigenvalue weighted by molar-refractivity contribution is 0.199. The van der Waals surface area contributed by atoms with Crippen LogP contribution in [0.15, 0.2) is 24.3 Å². The Morgan fingerprint density at radius 1 is 1.11 bits per heavy atom. The average molecular weight is 247 g/mol. The van der Waals surface area contributed by atoms with E-state index >= 15 is 0 Å². The van der Waals surface area contributed by atoms with Crippen LogP contribution in [0, 0.1) is 11.8 Å². The van der Waals surface area contributed by atoms with Crippen LogP contribution in [0.4, 0.5) is 5.69 Å². The molecule has 2 heteroatoms. The van der Waals surface area contributed by atoms with Crippen LogP contribution in [-0.2, 0) is 0 Å². The van der Waals surface area contributed by atoms with Gasteiger partial charge in [-0.05, 0) is 37.7 Å². The maximum absolute atomic E-state index is 9.85. The van der Waals surface area contributed by atoms with Crippen molar-refractivity contribution in [1.29, 1.82) is 0 Å². The summed E-state index contributed by atoms with van der Waals surface area (Å²) < 4.78 is 0. The molecular formula is C16H25NO. The van der Waals surface area contributed by atoms with Crippen LogP contribution in [0.2, 0.25) is 0 Å². The van der Waals surface area contributed by atoms with Crippen molar-refractivity contribution >= 4 is 5.69 Å². The van der Waals surface area contributed by atoms with Crippen molar-refractivity contribution in [3.8, 4) is 0 Å². The summed E-state index contributed by atoms with van der Waals surface area (Å²) in [6.07, 6.45) is 2.15. The molecule has 1 atom stereocenters. The number of piperidine rings is 1. The van der Waals surface area contributed by atoms with E-state index in [0.29, 0.717) is 0 Å². The number of nitrogens with zero attached hydrogens (tertiary/aromatic N) is 1. The molecule has 1 N–H and O–H groups in total. The van der Waals surface area contributed by atoms with Crippen LogP contribution in [0.25, 0.3) is 0 Å². The fourth-order valence-electron chi connectivity index (χ4n) is 2.94. The summed E-state index contributed by atoms with van der Waals surface area (Å²) in [6.45, 7) is 8.73. The Balaban J connectivity index is 2.10. The van der Waals surface area contributed by atoms with Gasteiger partial charge >= 0.3 is 0 Å². The van der Waals surface area contributed by atoms with Gasteiger partial charge in [-0.1, -0.05) is 32.0 Å². The maximum Gasteiger partial charge on any atom is 0.0781 e. The van der Waals surface area contributed by atoms with E-state index in [1.54, 1.807) is 0 Å². The Morgan fingerprint density at radius 3 is 2.28 bits per heavy atom. The third-order valence-electron chi connectivity index (χ3n) is 4.21. The lowest BCUT2D eigenvalue weighted by Gasteiger charge is -2.36. The maximum atomic E-state index is 9.85. The minimum absolute atomic E-state index is 0.385. The molecule has 1 aliphatic rings. The van der Waals surface area contributed by atoms with Crippen molar-refractivity contribution in [2.75, 3.05) is 18.0 Å². The second-order valence-electron chi connectivity index (χ2n) is 5.80. The number of hydrogen-bond donors (Lipinski definition) is 1. The van der Waals surface area contributed by atoms with Crippen molar-refractivity contribution in [2.24, 2.45) is 11.8 Å². The van der Waals surface area contributed by atoms with E-state index in [-0.39, 0.29) is 6.10 Å². The standard InChI is InChI=1S/C16H25NO/c1-12(2)14-8-10-17(11-9-14)16-7-5-4-6-15(16)13(3)18/h4-7,12-14,18H,8-11H2,1-3H3. The van der Waals surface area contributed by atoms with Crippen LogP contribution >= 0.6 is 0 Å². The first-order valence-corrected chi connectivity index (χ1v) is 7.11. The van der Waals surface area contributed by atoms with Crippen LogP contribution < -0.4 is 4.90 Å². The van der Waals surface area contributed by atoms with Gasteiger partial charge < -0.3 is 10.0 Å². The van der Waals surface area contributed by atoms with E-state index in [4.69, 9.17) is 0 Å². The summed E-state index contributed by atoms with van der Waals surface area (Å²) in [5, 5.41) is 9.85. The molecule has 1 aromatic carbocycles. The van der Waals surface area contributed by atoms with Gasteiger partial charge in [0.05, 0.1) is 6.10 Å². The highest BCUT2D eigenvalue weighted by Crippen LogP contribution is 2.31. The number of para-hydroxylation sites is 1. The molecule has 1 heterocycles. The highest BCUT2D eigenvalue weighted by molar-refractivity contribution is 5.54. The first kappa shape index (κ1) is 13.4. The zero-order valence-corrected chi connectivity index (χ0v) is 11.8. The van der Waals surface area contributed by atoms with E-state index in [1.165, 1.54) is 18.5 Å². The first-order chi connectivity index (χ1) is 8.59. The molecule has 1 unspecified atom stereocenters. The highest BCUT2D eigenvalue weighted by Gasteiger charge is 2.23. The van der Waals surface area contributed by atoms with Crippen molar-refractivity contribution in [1.82, 2.24) is 0 Å². The molecule has 1 aromatic rings. The van der Waals surface area contributed by atoms with Crippen molar-refractivity contribution in [3.63, 3.8) is 0 Å². The smallest absolute Gasteiger partial charge is 0.0781 e. The number of rotatable bonds is 3. The molecule has 2 rings (SSSR count). The van der Waals surface area contributed by atoms with Gasteiger partial charge in [0.2, 0.25) is 0 Å². The Bertz CT molecular complexity index is 378. The van der Waals surface area contributed by atoms with E-state index in [1.807, 2.05) is 19.1 Å². The second-order valence-corrected chi connectivity index (χ2v) is 5.80. The SMILES string of the molecule is CC(O)c1ccccc1N1CCC(C(C)C)CC1. The third-order valence-corrected chi connectivity index (χ3v) is 4.21. The van der Waals surface area contributed by atoms with E-state index in [9.17, 15) is 5.11 Å². The Morgan fingerprint density at radius 2 is 1.72 bits per heavy atom. The predicted molar refractivity (Wildman–Crippen MR) is 76.9 cm³/mol. The average Bonchev–Trinajstić information content (AvgIpc) is 2.39. The van der Waals surface area contributed by atoms with Crippen molar-refractivity contribution in [3.05, 3.63) is 29.8 Å². The fraction of sp³-hybridized carbons (Fsp3) is 0.625. The van der Waals surface area contributed by atoms with Crippen LogP contribution in [0.5, 0.6) is 0 Å². The van der Waals surface area contributed by atoms with E-state index < -0.39 is 0 Å². The molecule has 1 aliphatic heterocycles. The molecule has 18 heavy (non-hydrogen) atoms. The van der Waals surface area contributed by atoms with Gasteiger partial charge in [-0.3, -0.25) is 0 Å². The topological polar surface area (TPSA) is 23.5 Å². The molecule has 0 aromatic heterocycles. The lowest BCUT2D eigenvalue weighted by Crippen LogP contribution is -2.35. The highest BCUT2D eigenvalue weighted by atomic mass is 16.3. The third kappa shape index (κ3) is 2.86. The van der Waals surface area contributed by atoms with Crippen molar-refractivity contribution in [2.45, 2.75) is 39.7 Å². The van der Waals surface area contributed by atoms with Gasteiger partial charge in [0.15, 0.2) is 0 Å². The molecule has 100 valence electrons. The summed E-state index contributed by atoms with van der Waals surface area (Å²) in [4.78, 5) is 2.43. The molecule has 0 aliphatic carbocycles. The number of aliphatic hydroxyl groups excluding tert-OH is 1. The molecule has 1 fully saturated rings. The molecule has 1 saturated heterocycles. The van der Waals surface area contributed by atoms with Crippen molar-refractivity contribution < 1.29 is 5.11 Å². The summed E-state index contributed by atoms with van der Waals surface area (Å²) in [5.41, 5.74) is 2.27. The van der Waals surface area contributed by atoms with Crippen LogP contribution in [-0.4, -0.2) is 18.2 Å². The molecule has 0 radical (unpaired) electrons. The molecule has 0 saturated carbocycles. The summed E-state index contributed by atoms with van der Waals surface area (Å²) in [5.74, 6) is 1.65. The summed E-state index contributed by atoms with van der Waals surface area (Å²) >= 11 is 0. The Labute approximate surface area is 111 Å². The van der Waals surface area contributed by atoms with Gasteiger partial charge in [-0.15, -0.1) is 0 Å².